The maximum absolute atomic E-state index is 14.7. The smallest absolute Gasteiger partial charge is 0.299 e. The molecule has 0 saturated carbocycles. The van der Waals surface area contributed by atoms with Crippen molar-refractivity contribution in [3.05, 3.63) is 81.5 Å². The monoisotopic (exact) mass is 658 g/mol. The molecule has 0 aliphatic carbocycles. The van der Waals surface area contributed by atoms with Gasteiger partial charge in [0.2, 0.25) is 18.3 Å². The minimum Gasteiger partial charge on any atom is -0.496 e. The van der Waals surface area contributed by atoms with Crippen LogP contribution in [0.5, 0.6) is 23.0 Å². The second-order valence-corrected chi connectivity index (χ2v) is 12.4. The van der Waals surface area contributed by atoms with Crippen LogP contribution in [0.2, 0.25) is 0 Å². The Morgan fingerprint density at radius 1 is 1.07 bits per heavy atom. The molecule has 0 amide bonds. The van der Waals surface area contributed by atoms with Crippen molar-refractivity contribution >= 4 is 48.5 Å². The first-order valence-electron chi connectivity index (χ1n) is 12.5. The minimum atomic E-state index is -5.57. The van der Waals surface area contributed by atoms with E-state index in [4.69, 9.17) is 24.7 Å². The van der Waals surface area contributed by atoms with E-state index in [1.807, 2.05) is 6.07 Å². The van der Waals surface area contributed by atoms with Gasteiger partial charge in [-0.1, -0.05) is 28.1 Å². The zero-order valence-corrected chi connectivity index (χ0v) is 25.4. The van der Waals surface area contributed by atoms with Crippen molar-refractivity contribution in [1.29, 1.82) is 0 Å². The van der Waals surface area contributed by atoms with E-state index in [9.17, 15) is 22.6 Å². The van der Waals surface area contributed by atoms with Crippen molar-refractivity contribution in [3.63, 3.8) is 0 Å². The Morgan fingerprint density at radius 2 is 1.79 bits per heavy atom. The molecule has 2 unspecified atom stereocenters. The lowest BCUT2D eigenvalue weighted by atomic mass is 9.82. The Morgan fingerprint density at radius 3 is 2.45 bits per heavy atom. The number of hydrogen-bond acceptors (Lipinski definition) is 9. The molecule has 42 heavy (non-hydrogen) atoms. The summed E-state index contributed by atoms with van der Waals surface area (Å²) in [5.41, 5.74) is 7.93. The number of halogens is 1. The molecule has 0 saturated heterocycles. The summed E-state index contributed by atoms with van der Waals surface area (Å²) in [5.74, 6) is -3.41. The number of benzene rings is 3. The number of ketones is 2. The van der Waals surface area contributed by atoms with Gasteiger partial charge in [-0.25, -0.2) is 0 Å². The molecular weight excluding hydrogens is 632 g/mol. The van der Waals surface area contributed by atoms with Gasteiger partial charge >= 0.3 is 0 Å². The van der Waals surface area contributed by atoms with E-state index in [1.54, 1.807) is 36.9 Å². The van der Waals surface area contributed by atoms with Crippen molar-refractivity contribution in [3.8, 4) is 23.0 Å². The topological polar surface area (TPSA) is 156 Å². The number of ether oxygens (including phenoxy) is 4. The van der Waals surface area contributed by atoms with Crippen LogP contribution in [0.15, 0.2) is 59.2 Å². The van der Waals surface area contributed by atoms with Crippen LogP contribution in [-0.4, -0.2) is 55.0 Å². The number of nitrogens with zero attached hydrogens (tertiary/aromatic N) is 1. The number of aromatic nitrogens is 1. The van der Waals surface area contributed by atoms with Gasteiger partial charge < -0.3 is 23.5 Å². The maximum atomic E-state index is 14.7. The number of nitrogens with two attached hydrogens (primary N) is 1. The van der Waals surface area contributed by atoms with Crippen LogP contribution in [0.1, 0.15) is 33.0 Å². The number of carbonyl (C=O) groups is 2. The predicted octanol–water partition coefficient (Wildman–Crippen LogP) is 4.12. The van der Waals surface area contributed by atoms with Crippen LogP contribution < -0.4 is 24.7 Å². The number of Topliss-reactive ketones (excluding diaryl/α,β-unsaturated/α-hetero) is 2. The van der Waals surface area contributed by atoms with Crippen molar-refractivity contribution in [2.45, 2.75) is 17.7 Å². The van der Waals surface area contributed by atoms with E-state index in [0.717, 1.165) is 4.47 Å². The van der Waals surface area contributed by atoms with E-state index < -0.39 is 32.5 Å². The molecule has 0 spiro atoms. The van der Waals surface area contributed by atoms with E-state index in [2.05, 4.69) is 15.9 Å². The fraction of sp³-hybridized carbons (Fsp3) is 0.241. The first-order valence-corrected chi connectivity index (χ1v) is 14.8. The third-order valence-corrected chi connectivity index (χ3v) is 8.98. The van der Waals surface area contributed by atoms with Crippen molar-refractivity contribution in [2.75, 3.05) is 21.0 Å². The average Bonchev–Trinajstić information content (AvgIpc) is 3.55. The highest BCUT2D eigenvalue weighted by Crippen LogP contribution is 2.46. The first-order chi connectivity index (χ1) is 19.8. The van der Waals surface area contributed by atoms with Gasteiger partial charge in [-0.05, 0) is 60.0 Å². The highest BCUT2D eigenvalue weighted by atomic mass is 79.9. The zero-order chi connectivity index (χ0) is 30.6. The minimum absolute atomic E-state index is 0.0115. The van der Waals surface area contributed by atoms with Crippen LogP contribution in [0.3, 0.4) is 0 Å². The Hall–Kier alpha value is -3.91. The standard InChI is InChI=1S/C29H27BrN2O9S/c1-15-5-7-19(22(9-15)38-3)27(33)29(31,42(35,36)37)28(34)25(16-10-23(39-4)26-24(11-16)40-14-41-26)20-13-32(2)21-12-17(30)6-8-18(20)21/h5-13,25H,14,31H2,1-4H3,(H,35,36,37). The summed E-state index contributed by atoms with van der Waals surface area (Å²) in [7, 11) is -1.13. The van der Waals surface area contributed by atoms with E-state index in [1.165, 1.54) is 44.6 Å². The molecule has 13 heteroatoms. The van der Waals surface area contributed by atoms with Gasteiger partial charge in [0.05, 0.1) is 25.7 Å². The number of methoxy groups -OCH3 is 2. The SMILES string of the molecule is COc1cc(C)ccc1C(=O)C(N)(C(=O)C(c1cc(OC)c2c(c1)OCO2)c1cn(C)c2cc(Br)ccc12)S(=O)(=O)O. The highest BCUT2D eigenvalue weighted by molar-refractivity contribution is 9.10. The average molecular weight is 660 g/mol. The van der Waals surface area contributed by atoms with Crippen LogP contribution in [0.25, 0.3) is 10.9 Å². The molecule has 0 radical (unpaired) electrons. The fourth-order valence-corrected chi connectivity index (χ4v) is 6.23. The molecule has 1 aliphatic heterocycles. The molecule has 11 nitrogen and oxygen atoms in total. The molecule has 0 bridgehead atoms. The number of hydrogen-bond donors (Lipinski definition) is 2. The summed E-state index contributed by atoms with van der Waals surface area (Å²) >= 11 is 3.44. The van der Waals surface area contributed by atoms with Crippen LogP contribution in [-0.2, 0) is 22.0 Å². The molecule has 2 heterocycles. The molecular formula is C29H27BrN2O9S. The molecule has 1 aliphatic rings. The molecule has 4 aromatic rings. The highest BCUT2D eigenvalue weighted by Gasteiger charge is 2.57. The summed E-state index contributed by atoms with van der Waals surface area (Å²) in [4.78, 5) is 25.2. The number of fused-ring (bicyclic) bond motifs is 2. The Kier molecular flexibility index (Phi) is 7.56. The van der Waals surface area contributed by atoms with Gasteiger partial charge in [0.1, 0.15) is 5.75 Å². The zero-order valence-electron chi connectivity index (χ0n) is 23.0. The summed E-state index contributed by atoms with van der Waals surface area (Å²) in [6.07, 6.45) is 1.64. The molecule has 3 N–H and O–H groups in total. The first kappa shape index (κ1) is 29.6. The van der Waals surface area contributed by atoms with Gasteiger partial charge in [-0.3, -0.25) is 19.9 Å². The molecule has 0 fully saturated rings. The summed E-state index contributed by atoms with van der Waals surface area (Å²) in [6, 6.07) is 12.6. The third kappa shape index (κ3) is 4.71. The number of aryl methyl sites for hydroxylation is 2. The van der Waals surface area contributed by atoms with Crippen LogP contribution in [0, 0.1) is 6.92 Å². The van der Waals surface area contributed by atoms with Crippen LogP contribution >= 0.6 is 15.9 Å². The lowest BCUT2D eigenvalue weighted by Crippen LogP contribution is -2.62. The molecule has 1 aromatic heterocycles. The second-order valence-electron chi connectivity index (χ2n) is 9.85. The Bertz CT molecular complexity index is 1870. The predicted molar refractivity (Wildman–Crippen MR) is 157 cm³/mol. The summed E-state index contributed by atoms with van der Waals surface area (Å²) in [6.45, 7) is 1.63. The van der Waals surface area contributed by atoms with E-state index in [0.29, 0.717) is 27.8 Å². The normalized spacial score (nSPS) is 14.8. The largest absolute Gasteiger partial charge is 0.496 e. The summed E-state index contributed by atoms with van der Waals surface area (Å²) < 4.78 is 60.9. The quantitative estimate of drug-likeness (QED) is 0.152. The van der Waals surface area contributed by atoms with Crippen molar-refractivity contribution < 1.29 is 41.5 Å². The van der Waals surface area contributed by atoms with E-state index >= 15 is 0 Å². The number of rotatable bonds is 9. The Balaban J connectivity index is 1.80. The van der Waals surface area contributed by atoms with Gasteiger partial charge in [0.15, 0.2) is 17.3 Å². The lowest BCUT2D eigenvalue weighted by Gasteiger charge is -2.29. The Labute approximate surface area is 250 Å². The van der Waals surface area contributed by atoms with Crippen molar-refractivity contribution in [2.24, 2.45) is 12.8 Å². The van der Waals surface area contributed by atoms with Crippen LogP contribution in [0.4, 0.5) is 0 Å². The molecule has 5 rings (SSSR count). The third-order valence-electron chi connectivity index (χ3n) is 7.28. The van der Waals surface area contributed by atoms with Crippen molar-refractivity contribution in [1.82, 2.24) is 4.57 Å². The summed E-state index contributed by atoms with van der Waals surface area (Å²) in [5, 5.41) is 0.578. The molecule has 2 atom stereocenters. The second kappa shape index (κ2) is 10.7. The molecule has 220 valence electrons. The van der Waals surface area contributed by atoms with Gasteiger partial charge in [-0.2, -0.15) is 8.42 Å². The van der Waals surface area contributed by atoms with Gasteiger partial charge in [0, 0.05) is 28.6 Å². The maximum Gasteiger partial charge on any atom is 0.299 e. The van der Waals surface area contributed by atoms with Gasteiger partial charge in [-0.15, -0.1) is 0 Å². The van der Waals surface area contributed by atoms with Gasteiger partial charge in [0.25, 0.3) is 15.0 Å². The fourth-order valence-electron chi connectivity index (χ4n) is 5.16. The lowest BCUT2D eigenvalue weighted by molar-refractivity contribution is -0.121. The number of carbonyl (C=O) groups excluding carboxylic acids is 2. The van der Waals surface area contributed by atoms with E-state index in [-0.39, 0.29) is 35.2 Å². The molecule has 3 aromatic carbocycles.